The molecule has 0 aromatic heterocycles. The molecule has 3 heteroatoms. The zero-order chi connectivity index (χ0) is 13.9. The van der Waals surface area contributed by atoms with E-state index in [1.807, 2.05) is 12.1 Å². The van der Waals surface area contributed by atoms with Crippen molar-refractivity contribution in [2.45, 2.75) is 0 Å². The van der Waals surface area contributed by atoms with Crippen LogP contribution in [0.1, 0.15) is 0 Å². The number of hydrogen-bond donors (Lipinski definition) is 0. The van der Waals surface area contributed by atoms with E-state index < -0.39 is 0 Å². The van der Waals surface area contributed by atoms with E-state index in [4.69, 9.17) is 4.99 Å². The molecule has 1 aliphatic heterocycles. The van der Waals surface area contributed by atoms with Gasteiger partial charge >= 0.3 is 0 Å². The molecule has 0 amide bonds. The fourth-order valence-electron chi connectivity index (χ4n) is 2.50. The monoisotopic (exact) mass is 265 g/mol. The molecule has 2 aromatic carbocycles. The molecule has 2 aromatic rings. The van der Waals surface area contributed by atoms with Crippen LogP contribution >= 0.6 is 0 Å². The number of aliphatic imine (C=N–C) groups is 1. The molecule has 3 nitrogen and oxygen atoms in total. The Morgan fingerprint density at radius 1 is 0.800 bits per heavy atom. The van der Waals surface area contributed by atoms with E-state index in [0.717, 1.165) is 24.7 Å². The van der Waals surface area contributed by atoms with Gasteiger partial charge in [0.25, 0.3) is 0 Å². The van der Waals surface area contributed by atoms with Crippen LogP contribution in [0.25, 0.3) is 11.1 Å². The first-order valence-corrected chi connectivity index (χ1v) is 6.91. The number of nitrogens with zero attached hydrogens (tertiary/aromatic N) is 3. The van der Waals surface area contributed by atoms with Crippen LogP contribution in [0.5, 0.6) is 0 Å². The van der Waals surface area contributed by atoms with Crippen molar-refractivity contribution in [1.82, 2.24) is 9.80 Å². The lowest BCUT2D eigenvalue weighted by atomic mass is 10.0. The summed E-state index contributed by atoms with van der Waals surface area (Å²) >= 11 is 0. The Hall–Kier alpha value is -2.29. The summed E-state index contributed by atoms with van der Waals surface area (Å²) in [6.45, 7) is 2.06. The molecule has 0 atom stereocenters. The average Bonchev–Trinajstić information content (AvgIpc) is 2.81. The van der Waals surface area contributed by atoms with Crippen molar-refractivity contribution in [2.75, 3.05) is 27.2 Å². The van der Waals surface area contributed by atoms with Gasteiger partial charge in [0.15, 0.2) is 0 Å². The molecule has 0 N–H and O–H groups in total. The highest BCUT2D eigenvalue weighted by molar-refractivity contribution is 5.87. The number of para-hydroxylation sites is 1. The topological polar surface area (TPSA) is 18.8 Å². The minimum absolute atomic E-state index is 1.02. The van der Waals surface area contributed by atoms with Gasteiger partial charge in [-0.05, 0) is 11.6 Å². The molecular weight excluding hydrogens is 246 g/mol. The van der Waals surface area contributed by atoms with Crippen molar-refractivity contribution in [1.29, 1.82) is 0 Å². The van der Waals surface area contributed by atoms with E-state index in [9.17, 15) is 0 Å². The fraction of sp³-hybridized carbons (Fsp3) is 0.235. The minimum Gasteiger partial charge on any atom is -0.344 e. The fourth-order valence-corrected chi connectivity index (χ4v) is 2.50. The van der Waals surface area contributed by atoms with Gasteiger partial charge < -0.3 is 9.80 Å². The Labute approximate surface area is 120 Å². The maximum absolute atomic E-state index is 4.86. The van der Waals surface area contributed by atoms with Crippen LogP contribution in [0.3, 0.4) is 0 Å². The second-order valence-electron chi connectivity index (χ2n) is 5.14. The molecule has 0 spiro atoms. The molecule has 1 fully saturated rings. The standard InChI is InChI=1S/C17H19N3/c1-19-12-13-20(2)17(19)18-16-11-7-6-10-15(16)14-8-4-3-5-9-14/h3-11H,12-13H2,1-2H3. The van der Waals surface area contributed by atoms with Crippen molar-refractivity contribution < 1.29 is 0 Å². The molecule has 102 valence electrons. The van der Waals surface area contributed by atoms with Crippen LogP contribution in [-0.4, -0.2) is 42.9 Å². The number of hydrogen-bond acceptors (Lipinski definition) is 1. The number of guanidine groups is 1. The molecule has 20 heavy (non-hydrogen) atoms. The highest BCUT2D eigenvalue weighted by Crippen LogP contribution is 2.30. The molecule has 1 aliphatic rings. The Bertz CT molecular complexity index is 607. The highest BCUT2D eigenvalue weighted by atomic mass is 15.4. The second-order valence-corrected chi connectivity index (χ2v) is 5.14. The summed E-state index contributed by atoms with van der Waals surface area (Å²) in [6, 6.07) is 18.7. The maximum atomic E-state index is 4.86. The first-order chi connectivity index (χ1) is 9.75. The third-order valence-corrected chi connectivity index (χ3v) is 3.66. The molecule has 0 unspecified atom stereocenters. The van der Waals surface area contributed by atoms with Crippen LogP contribution in [0.15, 0.2) is 59.6 Å². The summed E-state index contributed by atoms with van der Waals surface area (Å²) in [7, 11) is 4.18. The van der Waals surface area contributed by atoms with Gasteiger partial charge in [-0.2, -0.15) is 0 Å². The van der Waals surface area contributed by atoms with E-state index in [1.165, 1.54) is 11.1 Å². The summed E-state index contributed by atoms with van der Waals surface area (Å²) in [4.78, 5) is 9.26. The zero-order valence-corrected chi connectivity index (χ0v) is 12.0. The lowest BCUT2D eigenvalue weighted by Gasteiger charge is -2.16. The van der Waals surface area contributed by atoms with Gasteiger partial charge in [0.1, 0.15) is 0 Å². The summed E-state index contributed by atoms with van der Waals surface area (Å²) in [5.41, 5.74) is 3.40. The van der Waals surface area contributed by atoms with Crippen molar-refractivity contribution in [3.8, 4) is 11.1 Å². The number of likely N-dealkylation sites (N-methyl/N-ethyl adjacent to an activating group) is 2. The van der Waals surface area contributed by atoms with Gasteiger partial charge in [0, 0.05) is 32.7 Å². The normalized spacial score (nSPS) is 14.8. The average molecular weight is 265 g/mol. The van der Waals surface area contributed by atoms with Crippen molar-refractivity contribution >= 4 is 11.6 Å². The summed E-state index contributed by atoms with van der Waals surface area (Å²) in [5, 5.41) is 0. The SMILES string of the molecule is CN1CCN(C)C1=Nc1ccccc1-c1ccccc1. The summed E-state index contributed by atoms with van der Waals surface area (Å²) < 4.78 is 0. The number of rotatable bonds is 2. The largest absolute Gasteiger partial charge is 0.344 e. The maximum Gasteiger partial charge on any atom is 0.201 e. The Kier molecular flexibility index (Phi) is 3.42. The van der Waals surface area contributed by atoms with Crippen LogP contribution in [0, 0.1) is 0 Å². The molecular formula is C17H19N3. The van der Waals surface area contributed by atoms with Crippen LogP contribution in [0.4, 0.5) is 5.69 Å². The van der Waals surface area contributed by atoms with E-state index in [1.54, 1.807) is 0 Å². The van der Waals surface area contributed by atoms with E-state index in [0.29, 0.717) is 0 Å². The van der Waals surface area contributed by atoms with Gasteiger partial charge in [0.05, 0.1) is 5.69 Å². The highest BCUT2D eigenvalue weighted by Gasteiger charge is 2.20. The molecule has 0 aliphatic carbocycles. The van der Waals surface area contributed by atoms with E-state index in [-0.39, 0.29) is 0 Å². The first kappa shape index (κ1) is 12.7. The third kappa shape index (κ3) is 2.39. The number of benzene rings is 2. The summed E-state index contributed by atoms with van der Waals surface area (Å²) in [5.74, 6) is 1.04. The molecule has 1 heterocycles. The van der Waals surface area contributed by atoms with Crippen LogP contribution < -0.4 is 0 Å². The van der Waals surface area contributed by atoms with Crippen molar-refractivity contribution in [3.63, 3.8) is 0 Å². The van der Waals surface area contributed by atoms with Crippen LogP contribution in [0.2, 0.25) is 0 Å². The Morgan fingerprint density at radius 2 is 1.40 bits per heavy atom. The lowest BCUT2D eigenvalue weighted by Crippen LogP contribution is -2.27. The van der Waals surface area contributed by atoms with E-state index >= 15 is 0 Å². The van der Waals surface area contributed by atoms with Crippen LogP contribution in [-0.2, 0) is 0 Å². The first-order valence-electron chi connectivity index (χ1n) is 6.91. The van der Waals surface area contributed by atoms with Gasteiger partial charge in [-0.3, -0.25) is 0 Å². The van der Waals surface area contributed by atoms with Gasteiger partial charge in [-0.15, -0.1) is 0 Å². The Balaban J connectivity index is 2.05. The molecule has 1 saturated heterocycles. The predicted molar refractivity (Wildman–Crippen MR) is 84.2 cm³/mol. The smallest absolute Gasteiger partial charge is 0.201 e. The third-order valence-electron chi connectivity index (χ3n) is 3.66. The minimum atomic E-state index is 1.02. The van der Waals surface area contributed by atoms with E-state index in [2.05, 4.69) is 66.4 Å². The molecule has 3 rings (SSSR count). The summed E-state index contributed by atoms with van der Waals surface area (Å²) in [6.07, 6.45) is 0. The van der Waals surface area contributed by atoms with Gasteiger partial charge in [-0.25, -0.2) is 4.99 Å². The predicted octanol–water partition coefficient (Wildman–Crippen LogP) is 3.22. The van der Waals surface area contributed by atoms with Crippen molar-refractivity contribution in [3.05, 3.63) is 54.6 Å². The lowest BCUT2D eigenvalue weighted by molar-refractivity contribution is 0.553. The van der Waals surface area contributed by atoms with Gasteiger partial charge in [0.2, 0.25) is 5.96 Å². The zero-order valence-electron chi connectivity index (χ0n) is 12.0. The molecule has 0 saturated carbocycles. The second kappa shape index (κ2) is 5.37. The van der Waals surface area contributed by atoms with Gasteiger partial charge in [-0.1, -0.05) is 48.5 Å². The quantitative estimate of drug-likeness (QED) is 0.830. The molecule has 0 bridgehead atoms. The Morgan fingerprint density at radius 3 is 2.10 bits per heavy atom. The van der Waals surface area contributed by atoms with Crippen molar-refractivity contribution in [2.24, 2.45) is 4.99 Å². The molecule has 0 radical (unpaired) electrons.